The molecule has 2 aliphatic heterocycles. The Morgan fingerprint density at radius 2 is 1.16 bits per heavy atom. The first-order chi connectivity index (χ1) is 30.5. The lowest BCUT2D eigenvalue weighted by Gasteiger charge is -2.40. The van der Waals surface area contributed by atoms with E-state index in [0.29, 0.717) is 16.9 Å². The smallest absolute Gasteiger partial charge is 0.496 e. The van der Waals surface area contributed by atoms with E-state index in [1.165, 1.54) is 43.4 Å². The van der Waals surface area contributed by atoms with Gasteiger partial charge in [-0.25, -0.2) is 0 Å². The van der Waals surface area contributed by atoms with Gasteiger partial charge in [-0.05, 0) is 67.3 Å². The van der Waals surface area contributed by atoms with Crippen molar-refractivity contribution in [2.45, 2.75) is 129 Å². The topological polar surface area (TPSA) is 224 Å². The van der Waals surface area contributed by atoms with Crippen molar-refractivity contribution < 1.29 is 68.3 Å². The molecule has 2 atom stereocenters. The molecule has 0 N–H and O–H groups in total. The molecular formula is C43H63F3N4O14SSi2. The number of ether oxygens (including phenoxy) is 2. The van der Waals surface area contributed by atoms with E-state index in [9.17, 15) is 56.2 Å². The van der Waals surface area contributed by atoms with Gasteiger partial charge in [0.05, 0.1) is 49.4 Å². The number of Topliss-reactive ketones (excluding diaryl/α,β-unsaturated/α-hetero) is 1. The molecule has 0 spiro atoms. The van der Waals surface area contributed by atoms with Crippen LogP contribution in [0.1, 0.15) is 92.6 Å². The van der Waals surface area contributed by atoms with Crippen molar-refractivity contribution in [2.24, 2.45) is 0 Å². The number of amides is 2. The molecule has 1 saturated heterocycles. The summed E-state index contributed by atoms with van der Waals surface area (Å²) in [6.07, 6.45) is 1.14. The fraction of sp³-hybridized carbons (Fsp3) is 0.605. The van der Waals surface area contributed by atoms with Crippen molar-refractivity contribution in [1.82, 2.24) is 9.80 Å². The first-order valence-electron chi connectivity index (χ1n) is 21.3. The molecule has 2 heterocycles. The second-order valence-corrected chi connectivity index (χ2v) is 30.6. The predicted octanol–water partition coefficient (Wildman–Crippen LogP) is 9.01. The number of piperidine rings is 1. The lowest BCUT2D eigenvalue weighted by Crippen LogP contribution is -2.51. The number of carbonyl (C=O) groups is 3. The molecular weight excluding hydrogens is 942 g/mol. The van der Waals surface area contributed by atoms with Gasteiger partial charge < -0.3 is 32.3 Å². The summed E-state index contributed by atoms with van der Waals surface area (Å²) in [5.41, 5.74) is -5.69. The quantitative estimate of drug-likeness (QED) is 0.0566. The van der Waals surface area contributed by atoms with E-state index in [1.54, 1.807) is 18.7 Å². The maximum atomic E-state index is 13.5. The summed E-state index contributed by atoms with van der Waals surface area (Å²) in [6.45, 7) is 23.6. The molecule has 67 heavy (non-hydrogen) atoms. The third kappa shape index (κ3) is 13.6. The van der Waals surface area contributed by atoms with Gasteiger partial charge >= 0.3 is 15.6 Å². The van der Waals surface area contributed by atoms with E-state index in [-0.39, 0.29) is 84.0 Å². The molecule has 18 nitrogen and oxygen atoms in total. The highest BCUT2D eigenvalue weighted by molar-refractivity contribution is 7.87. The van der Waals surface area contributed by atoms with Gasteiger partial charge in [-0.3, -0.25) is 34.6 Å². The first-order valence-corrected chi connectivity index (χ1v) is 28.5. The standard InChI is InChI=1S/C22H31F3N2O8SSi.C21H32N2O6Si/c1-14-10-18(27(29)30)17(12-19(14)33-5)20(28)26-9-8-16(35-36(31,32)22(23,24)25)11-15(26)13-34-37(6,7)21(2,3)4;1-14-10-18(23(26)27)17(12-19(14)28-5)20(25)22-9-8-16(24)11-15(22)13-29-30(6,7)21(2,3)4/h10-12,15H,8-9,13H2,1-7H3;10,12,15H,8-9,11,13H2,1-7H3/t2*15-/m00/s1. The van der Waals surface area contributed by atoms with Gasteiger partial charge in [-0.15, -0.1) is 0 Å². The van der Waals surface area contributed by atoms with Crippen LogP contribution < -0.4 is 9.47 Å². The monoisotopic (exact) mass is 1000 g/mol. The largest absolute Gasteiger partial charge is 0.534 e. The van der Waals surface area contributed by atoms with E-state index in [2.05, 4.69) is 38.0 Å². The number of alkyl halides is 3. The molecule has 1 fully saturated rings. The fourth-order valence-electron chi connectivity index (χ4n) is 6.52. The molecule has 4 rings (SSSR count). The molecule has 0 unspecified atom stereocenters. The number of rotatable bonds is 14. The maximum Gasteiger partial charge on any atom is 0.534 e. The number of halogens is 3. The number of hydrogen-bond acceptors (Lipinski definition) is 14. The molecule has 24 heteroatoms. The number of nitrogens with zero attached hydrogens (tertiary/aromatic N) is 4. The summed E-state index contributed by atoms with van der Waals surface area (Å²) in [4.78, 5) is 63.7. The Balaban J connectivity index is 0.000000363. The lowest BCUT2D eigenvalue weighted by atomic mass is 9.99. The molecule has 0 aromatic heterocycles. The van der Waals surface area contributed by atoms with E-state index in [0.717, 1.165) is 6.08 Å². The summed E-state index contributed by atoms with van der Waals surface area (Å²) in [6, 6.07) is 3.68. The number of carbonyl (C=O) groups excluding carboxylic acids is 3. The average molecular weight is 1010 g/mol. The van der Waals surface area contributed by atoms with Gasteiger partial charge in [0.25, 0.3) is 23.2 Å². The maximum absolute atomic E-state index is 13.5. The molecule has 2 amide bonds. The Bertz CT molecular complexity index is 2360. The van der Waals surface area contributed by atoms with Crippen LogP contribution in [0.25, 0.3) is 0 Å². The third-order valence-corrected chi connectivity index (χ3v) is 22.7. The van der Waals surface area contributed by atoms with Gasteiger partial charge in [0.15, 0.2) is 16.6 Å². The number of aryl methyl sites for hydroxylation is 2. The number of likely N-dealkylation sites (tertiary alicyclic amines) is 1. The summed E-state index contributed by atoms with van der Waals surface area (Å²) < 4.78 is 88.9. The summed E-state index contributed by atoms with van der Waals surface area (Å²) in [5, 5.41) is 23.0. The van der Waals surface area contributed by atoms with Gasteiger partial charge in [0.2, 0.25) is 0 Å². The minimum absolute atomic E-state index is 0.0103. The highest BCUT2D eigenvalue weighted by Gasteiger charge is 2.49. The Labute approximate surface area is 391 Å². The van der Waals surface area contributed by atoms with Crippen molar-refractivity contribution in [2.75, 3.05) is 40.5 Å². The lowest BCUT2D eigenvalue weighted by molar-refractivity contribution is -0.385. The Hall–Kier alpha value is -4.92. The van der Waals surface area contributed by atoms with E-state index in [4.69, 9.17) is 18.3 Å². The van der Waals surface area contributed by atoms with Crippen LogP contribution in [0.15, 0.2) is 36.1 Å². The van der Waals surface area contributed by atoms with Crippen LogP contribution in [0.2, 0.25) is 36.3 Å². The normalized spacial score (nSPS) is 17.5. The number of methoxy groups -OCH3 is 2. The second-order valence-electron chi connectivity index (χ2n) is 19.4. The molecule has 0 bridgehead atoms. The Kier molecular flexibility index (Phi) is 17.8. The van der Waals surface area contributed by atoms with Gasteiger partial charge in [0, 0.05) is 56.6 Å². The second kappa shape index (κ2) is 21.2. The van der Waals surface area contributed by atoms with Crippen molar-refractivity contribution >= 4 is 55.7 Å². The summed E-state index contributed by atoms with van der Waals surface area (Å²) in [5.74, 6) is -1.05. The van der Waals surface area contributed by atoms with Gasteiger partial charge in [-0.1, -0.05) is 41.5 Å². The first kappa shape index (κ1) is 56.4. The Morgan fingerprint density at radius 1 is 0.746 bits per heavy atom. The molecule has 2 aliphatic rings. The SMILES string of the molecule is COc1cc(C(=O)N2CCC(=O)C[C@H]2CO[Si](C)(C)C(C)(C)C)c([N+](=O)[O-])cc1C.COc1cc(C(=O)N2CCC(OS(=O)(=O)C(F)(F)F)=C[C@H]2CO[Si](C)(C)C(C)(C)C)c([N+](=O)[O-])cc1C. The van der Waals surface area contributed by atoms with Gasteiger partial charge in [0.1, 0.15) is 34.2 Å². The minimum atomic E-state index is -5.92. The van der Waals surface area contributed by atoms with Crippen LogP contribution in [0, 0.1) is 34.1 Å². The Morgan fingerprint density at radius 3 is 1.57 bits per heavy atom. The molecule has 374 valence electrons. The van der Waals surface area contributed by atoms with Crippen molar-refractivity contribution in [3.8, 4) is 11.5 Å². The number of hydrogen-bond donors (Lipinski definition) is 0. The van der Waals surface area contributed by atoms with Crippen LogP contribution >= 0.6 is 0 Å². The summed E-state index contributed by atoms with van der Waals surface area (Å²) in [7, 11) is -7.62. The summed E-state index contributed by atoms with van der Waals surface area (Å²) >= 11 is 0. The van der Waals surface area contributed by atoms with Crippen molar-refractivity contribution in [1.29, 1.82) is 0 Å². The van der Waals surface area contributed by atoms with Crippen LogP contribution in [0.5, 0.6) is 11.5 Å². The number of ketones is 1. The average Bonchev–Trinajstić information content (AvgIpc) is 3.20. The van der Waals surface area contributed by atoms with Crippen LogP contribution in [-0.2, 0) is 27.9 Å². The van der Waals surface area contributed by atoms with Crippen LogP contribution in [0.4, 0.5) is 24.5 Å². The molecule has 0 radical (unpaired) electrons. The minimum Gasteiger partial charge on any atom is -0.496 e. The number of benzene rings is 2. The molecule has 2 aromatic carbocycles. The van der Waals surface area contributed by atoms with E-state index in [1.807, 2.05) is 33.9 Å². The predicted molar refractivity (Wildman–Crippen MR) is 248 cm³/mol. The number of nitro groups is 2. The molecule has 2 aromatic rings. The van der Waals surface area contributed by atoms with Crippen LogP contribution in [-0.4, -0.2) is 120 Å². The van der Waals surface area contributed by atoms with Gasteiger partial charge in [-0.2, -0.15) is 21.6 Å². The fourth-order valence-corrected chi connectivity index (χ4v) is 9.10. The zero-order valence-electron chi connectivity index (χ0n) is 40.5. The molecule has 0 aliphatic carbocycles. The zero-order chi connectivity index (χ0) is 51.4. The molecule has 0 saturated carbocycles. The highest BCUT2D eigenvalue weighted by atomic mass is 32.2. The third-order valence-electron chi connectivity index (χ3n) is 12.7. The highest BCUT2D eigenvalue weighted by Crippen LogP contribution is 2.39. The van der Waals surface area contributed by atoms with E-state index >= 15 is 0 Å². The van der Waals surface area contributed by atoms with Crippen molar-refractivity contribution in [3.05, 3.63) is 78.6 Å². The zero-order valence-corrected chi connectivity index (χ0v) is 43.4. The van der Waals surface area contributed by atoms with Crippen molar-refractivity contribution in [3.63, 3.8) is 0 Å². The van der Waals surface area contributed by atoms with E-state index < -0.39 is 77.5 Å². The number of nitro benzene ring substituents is 2. The van der Waals surface area contributed by atoms with Crippen LogP contribution in [0.3, 0.4) is 0 Å².